The minimum Gasteiger partial charge on any atom is -0.455 e. The molecule has 34 heavy (non-hydrogen) atoms. The van der Waals surface area contributed by atoms with Crippen LogP contribution in [0.3, 0.4) is 0 Å². The maximum absolute atomic E-state index is 12.5. The van der Waals surface area contributed by atoms with Crippen LogP contribution in [-0.2, 0) is 16.1 Å². The normalized spacial score (nSPS) is 17.9. The molecule has 4 aromatic rings. The highest BCUT2D eigenvalue weighted by atomic mass is 16.5. The topological polar surface area (TPSA) is 106 Å². The summed E-state index contributed by atoms with van der Waals surface area (Å²) in [4.78, 5) is 35.4. The summed E-state index contributed by atoms with van der Waals surface area (Å²) < 4.78 is 11.5. The van der Waals surface area contributed by atoms with Crippen LogP contribution in [0, 0.1) is 0 Å². The smallest absolute Gasteiger partial charge is 0.220 e. The first kappa shape index (κ1) is 22.0. The Hall–Kier alpha value is -3.85. The Morgan fingerprint density at radius 1 is 1.18 bits per heavy atom. The van der Waals surface area contributed by atoms with Gasteiger partial charge in [0.25, 0.3) is 0 Å². The predicted octanol–water partition coefficient (Wildman–Crippen LogP) is 4.43. The van der Waals surface area contributed by atoms with E-state index in [9.17, 15) is 4.79 Å². The number of carbonyl (C=O) groups excluding carboxylic acids is 1. The summed E-state index contributed by atoms with van der Waals surface area (Å²) in [5, 5.41) is 0. The molecule has 0 unspecified atom stereocenters. The number of benzene rings is 1. The molecule has 4 heterocycles. The summed E-state index contributed by atoms with van der Waals surface area (Å²) in [6.07, 6.45) is 8.39. The highest BCUT2D eigenvalue weighted by molar-refractivity contribution is 5.82. The molecular weight excluding hydrogens is 432 g/mol. The fourth-order valence-electron chi connectivity index (χ4n) is 4.60. The van der Waals surface area contributed by atoms with Gasteiger partial charge >= 0.3 is 0 Å². The van der Waals surface area contributed by atoms with Gasteiger partial charge in [0.05, 0.1) is 41.8 Å². The van der Waals surface area contributed by atoms with E-state index in [4.69, 9.17) is 14.5 Å². The Bertz CT molecular complexity index is 1310. The summed E-state index contributed by atoms with van der Waals surface area (Å²) in [5.74, 6) is 1.93. The molecule has 9 heteroatoms. The Morgan fingerprint density at radius 2 is 2.06 bits per heavy atom. The maximum Gasteiger partial charge on any atom is 0.220 e. The van der Waals surface area contributed by atoms with Crippen molar-refractivity contribution in [3.63, 3.8) is 0 Å². The number of nitrogens with one attached hydrogen (secondary N) is 1. The number of carbonyl (C=O) groups is 1. The third kappa shape index (κ3) is 4.22. The average Bonchev–Trinajstić information content (AvgIpc) is 3.43. The van der Waals surface area contributed by atoms with Crippen LogP contribution in [0.1, 0.15) is 44.0 Å². The molecule has 1 aliphatic rings. The SMILES string of the molecule is COCc1ccc(Oc2cc3nc(-c4cnccn4)[nH]c3cc2[C@H]2CC[C@@H](C)N2C(C)=O)cn1. The molecule has 1 aliphatic heterocycles. The summed E-state index contributed by atoms with van der Waals surface area (Å²) >= 11 is 0. The number of hydrogen-bond acceptors (Lipinski definition) is 7. The second-order valence-corrected chi connectivity index (χ2v) is 8.47. The molecule has 3 aromatic heterocycles. The number of likely N-dealkylation sites (tertiary alicyclic amines) is 1. The monoisotopic (exact) mass is 458 g/mol. The first-order valence-electron chi connectivity index (χ1n) is 11.2. The molecule has 0 bridgehead atoms. The van der Waals surface area contributed by atoms with E-state index in [1.54, 1.807) is 38.8 Å². The Balaban J connectivity index is 1.59. The minimum absolute atomic E-state index is 0.0523. The van der Waals surface area contributed by atoms with Crippen molar-refractivity contribution in [2.75, 3.05) is 7.11 Å². The zero-order valence-corrected chi connectivity index (χ0v) is 19.4. The van der Waals surface area contributed by atoms with Crippen LogP contribution in [-0.4, -0.2) is 48.9 Å². The Morgan fingerprint density at radius 3 is 2.76 bits per heavy atom. The second kappa shape index (κ2) is 9.18. The maximum atomic E-state index is 12.5. The molecule has 0 aliphatic carbocycles. The third-order valence-electron chi connectivity index (χ3n) is 6.13. The van der Waals surface area contributed by atoms with E-state index < -0.39 is 0 Å². The molecular formula is C25H26N6O3. The molecule has 2 atom stereocenters. The number of aromatic nitrogens is 5. The van der Waals surface area contributed by atoms with Gasteiger partial charge in [-0.05, 0) is 38.0 Å². The van der Waals surface area contributed by atoms with Crippen molar-refractivity contribution < 1.29 is 14.3 Å². The van der Waals surface area contributed by atoms with Gasteiger partial charge < -0.3 is 19.4 Å². The summed E-state index contributed by atoms with van der Waals surface area (Å²) in [7, 11) is 1.64. The van der Waals surface area contributed by atoms with Crippen molar-refractivity contribution in [1.29, 1.82) is 0 Å². The molecule has 1 saturated heterocycles. The fourth-order valence-corrected chi connectivity index (χ4v) is 4.60. The van der Waals surface area contributed by atoms with Gasteiger partial charge in [-0.2, -0.15) is 0 Å². The number of rotatable bonds is 6. The first-order valence-corrected chi connectivity index (χ1v) is 11.2. The lowest BCUT2D eigenvalue weighted by Crippen LogP contribution is -2.33. The number of imidazole rings is 1. The van der Waals surface area contributed by atoms with Crippen LogP contribution in [0.15, 0.2) is 49.1 Å². The molecule has 0 saturated carbocycles. The zero-order chi connectivity index (χ0) is 23.7. The molecule has 1 N–H and O–H groups in total. The van der Waals surface area contributed by atoms with Crippen molar-refractivity contribution in [2.45, 2.75) is 45.4 Å². The van der Waals surface area contributed by atoms with Crippen LogP contribution >= 0.6 is 0 Å². The number of H-pyrrole nitrogens is 1. The van der Waals surface area contributed by atoms with Gasteiger partial charge in [0.2, 0.25) is 5.91 Å². The van der Waals surface area contributed by atoms with Gasteiger partial charge in [0.1, 0.15) is 17.2 Å². The minimum atomic E-state index is -0.0871. The fraction of sp³-hybridized carbons (Fsp3) is 0.320. The third-order valence-corrected chi connectivity index (χ3v) is 6.13. The quantitative estimate of drug-likeness (QED) is 0.456. The van der Waals surface area contributed by atoms with Crippen LogP contribution < -0.4 is 4.74 Å². The summed E-state index contributed by atoms with van der Waals surface area (Å²) in [5.41, 5.74) is 3.99. The highest BCUT2D eigenvalue weighted by Gasteiger charge is 2.35. The molecule has 174 valence electrons. The number of amides is 1. The molecule has 0 spiro atoms. The Labute approximate surface area is 197 Å². The molecule has 5 rings (SSSR count). The van der Waals surface area contributed by atoms with Crippen molar-refractivity contribution >= 4 is 16.9 Å². The van der Waals surface area contributed by atoms with E-state index in [2.05, 4.69) is 26.9 Å². The van der Waals surface area contributed by atoms with Crippen LogP contribution in [0.5, 0.6) is 11.5 Å². The standard InChI is InChI=1S/C25H26N6O3/c1-15-4-7-23(31(15)16(2)32)19-10-20-21(30-25(29-20)22-13-26-8-9-27-22)11-24(19)34-18-6-5-17(14-33-3)28-12-18/h5-6,8-13,15,23H,4,7,14H2,1-3H3,(H,29,30)/t15-,23-/m1/s1. The number of nitrogens with zero attached hydrogens (tertiary/aromatic N) is 5. The van der Waals surface area contributed by atoms with E-state index >= 15 is 0 Å². The van der Waals surface area contributed by atoms with Crippen LogP contribution in [0.4, 0.5) is 0 Å². The van der Waals surface area contributed by atoms with Gasteiger partial charge in [0, 0.05) is 44.1 Å². The van der Waals surface area contributed by atoms with E-state index in [1.807, 2.05) is 29.2 Å². The molecule has 0 radical (unpaired) electrons. The van der Waals surface area contributed by atoms with Gasteiger partial charge in [-0.1, -0.05) is 0 Å². The second-order valence-electron chi connectivity index (χ2n) is 8.47. The number of ether oxygens (including phenoxy) is 2. The molecule has 9 nitrogen and oxygen atoms in total. The summed E-state index contributed by atoms with van der Waals surface area (Å²) in [6, 6.07) is 7.75. The zero-order valence-electron chi connectivity index (χ0n) is 19.4. The summed E-state index contributed by atoms with van der Waals surface area (Å²) in [6.45, 7) is 4.14. The molecule has 1 fully saturated rings. The van der Waals surface area contributed by atoms with E-state index in [0.717, 1.165) is 35.1 Å². The van der Waals surface area contributed by atoms with Crippen molar-refractivity contribution in [3.8, 4) is 23.0 Å². The number of methoxy groups -OCH3 is 1. The lowest BCUT2D eigenvalue weighted by molar-refractivity contribution is -0.131. The van der Waals surface area contributed by atoms with E-state index in [0.29, 0.717) is 29.6 Å². The van der Waals surface area contributed by atoms with Gasteiger partial charge in [-0.25, -0.2) is 9.97 Å². The lowest BCUT2D eigenvalue weighted by atomic mass is 10.0. The van der Waals surface area contributed by atoms with Crippen LogP contribution in [0.2, 0.25) is 0 Å². The van der Waals surface area contributed by atoms with E-state index in [-0.39, 0.29) is 18.0 Å². The van der Waals surface area contributed by atoms with Crippen molar-refractivity contribution in [2.24, 2.45) is 0 Å². The number of pyridine rings is 1. The first-order chi connectivity index (χ1) is 16.5. The van der Waals surface area contributed by atoms with Crippen molar-refractivity contribution in [3.05, 3.63) is 60.3 Å². The number of aromatic amines is 1. The predicted molar refractivity (Wildman–Crippen MR) is 126 cm³/mol. The molecule has 1 amide bonds. The average molecular weight is 459 g/mol. The van der Waals surface area contributed by atoms with Gasteiger partial charge in [0.15, 0.2) is 5.82 Å². The Kier molecular flexibility index (Phi) is 5.93. The lowest BCUT2D eigenvalue weighted by Gasteiger charge is -2.29. The number of hydrogen-bond donors (Lipinski definition) is 1. The van der Waals surface area contributed by atoms with E-state index in [1.165, 1.54) is 0 Å². The van der Waals surface area contributed by atoms with Crippen molar-refractivity contribution in [1.82, 2.24) is 29.8 Å². The van der Waals surface area contributed by atoms with Crippen LogP contribution in [0.25, 0.3) is 22.6 Å². The largest absolute Gasteiger partial charge is 0.455 e. The highest BCUT2D eigenvalue weighted by Crippen LogP contribution is 2.42. The number of fused-ring (bicyclic) bond motifs is 1. The molecule has 1 aromatic carbocycles. The van der Waals surface area contributed by atoms with Gasteiger partial charge in [-0.3, -0.25) is 14.8 Å². The van der Waals surface area contributed by atoms with Gasteiger partial charge in [-0.15, -0.1) is 0 Å².